The number of aliphatic hydroxyl groups excluding tert-OH is 1. The molecule has 152 valence electrons. The Morgan fingerprint density at radius 3 is 2.15 bits per heavy atom. The highest BCUT2D eigenvalue weighted by molar-refractivity contribution is 6.20. The molecule has 0 aromatic rings. The summed E-state index contributed by atoms with van der Waals surface area (Å²) in [7, 11) is 0. The van der Waals surface area contributed by atoms with Crippen molar-refractivity contribution in [3.63, 3.8) is 0 Å². The summed E-state index contributed by atoms with van der Waals surface area (Å²) >= 11 is 6.40. The lowest BCUT2D eigenvalue weighted by Crippen LogP contribution is -2.55. The summed E-state index contributed by atoms with van der Waals surface area (Å²) in [4.78, 5) is 5.38. The first-order valence-corrected chi connectivity index (χ1v) is 11.5. The minimum Gasteiger partial charge on any atom is -0.394 e. The van der Waals surface area contributed by atoms with Crippen LogP contribution in [0.5, 0.6) is 0 Å². The fourth-order valence-electron chi connectivity index (χ4n) is 5.52. The maximum atomic E-state index is 8.81. The van der Waals surface area contributed by atoms with Crippen molar-refractivity contribution >= 4 is 11.6 Å². The molecule has 0 spiro atoms. The zero-order chi connectivity index (χ0) is 18.2. The summed E-state index contributed by atoms with van der Waals surface area (Å²) in [5, 5.41) is 9.23. The van der Waals surface area contributed by atoms with Crippen molar-refractivity contribution in [1.82, 2.24) is 9.80 Å². The van der Waals surface area contributed by atoms with Crippen LogP contribution in [-0.2, 0) is 4.74 Å². The average Bonchev–Trinajstić information content (AvgIpc) is 2.69. The molecule has 1 atom stereocenters. The van der Waals surface area contributed by atoms with Crippen LogP contribution >= 0.6 is 11.6 Å². The molecule has 4 nitrogen and oxygen atoms in total. The number of hydrogen-bond acceptors (Lipinski definition) is 4. The summed E-state index contributed by atoms with van der Waals surface area (Å²) in [6, 6.07) is 0.798. The number of aliphatic hydroxyl groups is 1. The van der Waals surface area contributed by atoms with Gasteiger partial charge in [-0.2, -0.15) is 0 Å². The topological polar surface area (TPSA) is 35.9 Å². The Balaban J connectivity index is 1.52. The number of alkyl halides is 1. The van der Waals surface area contributed by atoms with E-state index in [4.69, 9.17) is 21.4 Å². The van der Waals surface area contributed by atoms with Gasteiger partial charge < -0.3 is 9.84 Å². The third-order valence-corrected chi connectivity index (χ3v) is 7.37. The quantitative estimate of drug-likeness (QED) is 0.512. The van der Waals surface area contributed by atoms with Gasteiger partial charge >= 0.3 is 0 Å². The minimum absolute atomic E-state index is 0.126. The summed E-state index contributed by atoms with van der Waals surface area (Å²) < 4.78 is 5.44. The number of piperazine rings is 1. The zero-order valence-electron chi connectivity index (χ0n) is 16.5. The smallest absolute Gasteiger partial charge is 0.0698 e. The Morgan fingerprint density at radius 2 is 1.50 bits per heavy atom. The molecule has 3 rings (SSSR count). The molecule has 0 radical (unpaired) electrons. The molecule has 2 saturated carbocycles. The van der Waals surface area contributed by atoms with Gasteiger partial charge in [-0.3, -0.25) is 9.80 Å². The van der Waals surface area contributed by atoms with Gasteiger partial charge in [-0.05, 0) is 50.4 Å². The number of nitrogens with zero attached hydrogens (tertiary/aromatic N) is 2. The first-order valence-electron chi connectivity index (χ1n) is 11.1. The molecule has 0 bridgehead atoms. The van der Waals surface area contributed by atoms with Gasteiger partial charge in [0.15, 0.2) is 0 Å². The van der Waals surface area contributed by atoms with Gasteiger partial charge in [-0.15, -0.1) is 11.6 Å². The van der Waals surface area contributed by atoms with E-state index in [9.17, 15) is 0 Å². The Labute approximate surface area is 165 Å². The van der Waals surface area contributed by atoms with E-state index in [0.29, 0.717) is 12.0 Å². The van der Waals surface area contributed by atoms with E-state index in [2.05, 4.69) is 9.80 Å². The maximum Gasteiger partial charge on any atom is 0.0698 e. The largest absolute Gasteiger partial charge is 0.394 e. The molecule has 3 aliphatic rings. The molecular weight excluding hydrogens is 348 g/mol. The number of ether oxygens (including phenoxy) is 1. The van der Waals surface area contributed by atoms with Gasteiger partial charge in [0, 0.05) is 44.1 Å². The van der Waals surface area contributed by atoms with Crippen molar-refractivity contribution in [2.24, 2.45) is 11.8 Å². The van der Waals surface area contributed by atoms with Crippen molar-refractivity contribution in [2.45, 2.75) is 69.2 Å². The second kappa shape index (κ2) is 11.2. The van der Waals surface area contributed by atoms with Crippen LogP contribution in [0.1, 0.15) is 57.8 Å². The van der Waals surface area contributed by atoms with Crippen LogP contribution in [0, 0.1) is 11.8 Å². The predicted molar refractivity (Wildman–Crippen MR) is 108 cm³/mol. The average molecular weight is 387 g/mol. The first-order chi connectivity index (χ1) is 12.8. The monoisotopic (exact) mass is 386 g/mol. The first kappa shape index (κ1) is 20.9. The predicted octanol–water partition coefficient (Wildman–Crippen LogP) is 3.36. The Morgan fingerprint density at radius 1 is 0.846 bits per heavy atom. The highest BCUT2D eigenvalue weighted by Crippen LogP contribution is 2.39. The van der Waals surface area contributed by atoms with Crippen LogP contribution in [0.15, 0.2) is 0 Å². The van der Waals surface area contributed by atoms with E-state index in [1.807, 2.05) is 0 Å². The van der Waals surface area contributed by atoms with E-state index < -0.39 is 0 Å². The van der Waals surface area contributed by atoms with Gasteiger partial charge in [-0.1, -0.05) is 19.3 Å². The lowest BCUT2D eigenvalue weighted by molar-refractivity contribution is 0.00732. The lowest BCUT2D eigenvalue weighted by atomic mass is 9.73. The van der Waals surface area contributed by atoms with E-state index in [1.165, 1.54) is 70.9 Å². The highest BCUT2D eigenvalue weighted by atomic mass is 35.5. The van der Waals surface area contributed by atoms with Crippen LogP contribution in [0.3, 0.4) is 0 Å². The van der Waals surface area contributed by atoms with Crippen LogP contribution in [0.2, 0.25) is 0 Å². The summed E-state index contributed by atoms with van der Waals surface area (Å²) in [5.41, 5.74) is 0. The zero-order valence-corrected chi connectivity index (χ0v) is 17.2. The standard InChI is InChI=1S/C21H39ClN2O2/c22-20-8-6-19(7-9-20)21(18-4-2-1-3-5-18)24-12-10-23(11-13-24)14-16-26-17-15-25/h18-21,25H,1-17H2. The molecule has 1 aliphatic heterocycles. The minimum atomic E-state index is 0.126. The highest BCUT2D eigenvalue weighted by Gasteiger charge is 2.37. The van der Waals surface area contributed by atoms with Crippen molar-refractivity contribution in [2.75, 3.05) is 52.5 Å². The van der Waals surface area contributed by atoms with Gasteiger partial charge in [0.25, 0.3) is 0 Å². The molecule has 0 aromatic heterocycles. The Kier molecular flexibility index (Phi) is 8.99. The fourth-order valence-corrected chi connectivity index (χ4v) is 5.77. The van der Waals surface area contributed by atoms with Gasteiger partial charge in [-0.25, -0.2) is 0 Å². The Hall–Kier alpha value is 0.130. The van der Waals surface area contributed by atoms with Crippen molar-refractivity contribution < 1.29 is 9.84 Å². The third kappa shape index (κ3) is 6.07. The second-order valence-electron chi connectivity index (χ2n) is 8.61. The van der Waals surface area contributed by atoms with Crippen molar-refractivity contribution in [1.29, 1.82) is 0 Å². The molecule has 1 saturated heterocycles. The molecule has 0 amide bonds. The number of hydrogen-bond donors (Lipinski definition) is 1. The normalized spacial score (nSPS) is 31.2. The van der Waals surface area contributed by atoms with Crippen LogP contribution in [0.4, 0.5) is 0 Å². The van der Waals surface area contributed by atoms with E-state index >= 15 is 0 Å². The van der Waals surface area contributed by atoms with E-state index in [-0.39, 0.29) is 6.61 Å². The third-order valence-electron chi connectivity index (χ3n) is 6.93. The van der Waals surface area contributed by atoms with Crippen molar-refractivity contribution in [3.05, 3.63) is 0 Å². The molecule has 5 heteroatoms. The van der Waals surface area contributed by atoms with Crippen LogP contribution in [0.25, 0.3) is 0 Å². The number of halogens is 1. The van der Waals surface area contributed by atoms with E-state index in [1.54, 1.807) is 0 Å². The summed E-state index contributed by atoms with van der Waals surface area (Å²) in [6.45, 7) is 7.08. The van der Waals surface area contributed by atoms with Gasteiger partial charge in [0.05, 0.1) is 19.8 Å². The summed E-state index contributed by atoms with van der Waals surface area (Å²) in [6.07, 6.45) is 12.3. The van der Waals surface area contributed by atoms with E-state index in [0.717, 1.165) is 44.1 Å². The molecule has 1 N–H and O–H groups in total. The lowest BCUT2D eigenvalue weighted by Gasteiger charge is -2.48. The molecule has 2 aliphatic carbocycles. The van der Waals surface area contributed by atoms with Crippen LogP contribution < -0.4 is 0 Å². The maximum absolute atomic E-state index is 8.81. The molecule has 1 unspecified atom stereocenters. The molecule has 3 fully saturated rings. The fraction of sp³-hybridized carbons (Fsp3) is 1.00. The van der Waals surface area contributed by atoms with Crippen LogP contribution in [-0.4, -0.2) is 78.9 Å². The molecular formula is C21H39ClN2O2. The molecule has 26 heavy (non-hydrogen) atoms. The second-order valence-corrected chi connectivity index (χ2v) is 9.23. The van der Waals surface area contributed by atoms with Crippen molar-refractivity contribution in [3.8, 4) is 0 Å². The number of rotatable bonds is 8. The summed E-state index contributed by atoms with van der Waals surface area (Å²) in [5.74, 6) is 1.78. The van der Waals surface area contributed by atoms with Gasteiger partial charge in [0.2, 0.25) is 0 Å². The Bertz CT molecular complexity index is 376. The van der Waals surface area contributed by atoms with Gasteiger partial charge in [0.1, 0.15) is 0 Å². The molecule has 1 heterocycles. The molecule has 0 aromatic carbocycles. The SMILES string of the molecule is OCCOCCN1CCN(C(C2CCCCC2)C2CCC(Cl)CC2)CC1.